The Morgan fingerprint density at radius 1 is 1.43 bits per heavy atom. The van der Waals surface area contributed by atoms with Gasteiger partial charge in [0.1, 0.15) is 0 Å². The van der Waals surface area contributed by atoms with Crippen LogP contribution in [0.1, 0.15) is 0 Å². The Labute approximate surface area is 137 Å². The van der Waals surface area contributed by atoms with E-state index >= 15 is 0 Å². The maximum atomic E-state index is 12.0. The molecule has 0 radical (unpaired) electrons. The summed E-state index contributed by atoms with van der Waals surface area (Å²) in [6.07, 6.45) is 3.25. The Morgan fingerprint density at radius 3 is 3.09 bits per heavy atom. The van der Waals surface area contributed by atoms with Gasteiger partial charge in [-0.05, 0) is 12.1 Å². The molecule has 2 N–H and O–H groups in total. The van der Waals surface area contributed by atoms with Gasteiger partial charge < -0.3 is 14.3 Å². The molecule has 1 amide bonds. The number of carbonyl (C=O) groups is 1. The van der Waals surface area contributed by atoms with Crippen LogP contribution in [0.25, 0.3) is 11.0 Å². The monoisotopic (exact) mass is 331 g/mol. The zero-order valence-corrected chi connectivity index (χ0v) is 13.5. The third-order valence-electron chi connectivity index (χ3n) is 3.23. The van der Waals surface area contributed by atoms with Gasteiger partial charge in [-0.2, -0.15) is 0 Å². The maximum absolute atomic E-state index is 12.0. The molecule has 2 aromatic heterocycles. The number of anilines is 1. The number of hydrogen-bond donors (Lipinski definition) is 2. The maximum Gasteiger partial charge on any atom is 0.237 e. The van der Waals surface area contributed by atoms with E-state index < -0.39 is 0 Å². The van der Waals surface area contributed by atoms with Crippen molar-refractivity contribution in [2.45, 2.75) is 11.7 Å². The molecule has 8 heteroatoms. The third kappa shape index (κ3) is 3.72. The van der Waals surface area contributed by atoms with E-state index in [-0.39, 0.29) is 11.7 Å². The van der Waals surface area contributed by atoms with Crippen molar-refractivity contribution in [2.75, 3.05) is 24.8 Å². The van der Waals surface area contributed by atoms with Crippen molar-refractivity contribution in [3.63, 3.8) is 0 Å². The second kappa shape index (κ2) is 7.30. The fraction of sp³-hybridized carbons (Fsp3) is 0.267. The Hall–Kier alpha value is -2.32. The molecule has 0 saturated heterocycles. The molecule has 0 spiro atoms. The van der Waals surface area contributed by atoms with Crippen LogP contribution in [0, 0.1) is 0 Å². The Kier molecular flexibility index (Phi) is 4.94. The van der Waals surface area contributed by atoms with E-state index in [0.717, 1.165) is 16.2 Å². The van der Waals surface area contributed by atoms with Crippen molar-refractivity contribution >= 4 is 34.7 Å². The van der Waals surface area contributed by atoms with Crippen molar-refractivity contribution in [3.05, 3.63) is 36.7 Å². The smallest absolute Gasteiger partial charge is 0.237 e. The molecule has 0 bridgehead atoms. The highest BCUT2D eigenvalue weighted by molar-refractivity contribution is 7.99. The summed E-state index contributed by atoms with van der Waals surface area (Å²) in [6, 6.07) is 7.91. The number of hydrogen-bond acceptors (Lipinski definition) is 5. The van der Waals surface area contributed by atoms with Crippen LogP contribution in [-0.2, 0) is 16.1 Å². The molecule has 3 aromatic rings. The topological polar surface area (TPSA) is 84.8 Å². The van der Waals surface area contributed by atoms with E-state index in [1.807, 2.05) is 24.3 Å². The number of benzene rings is 1. The van der Waals surface area contributed by atoms with E-state index in [0.29, 0.717) is 19.1 Å². The average molecular weight is 331 g/mol. The van der Waals surface area contributed by atoms with Gasteiger partial charge in [0.25, 0.3) is 0 Å². The number of nitrogens with one attached hydrogen (secondary N) is 2. The number of imidazole rings is 2. The summed E-state index contributed by atoms with van der Waals surface area (Å²) in [7, 11) is 1.67. The minimum Gasteiger partial charge on any atom is -0.383 e. The van der Waals surface area contributed by atoms with Gasteiger partial charge >= 0.3 is 0 Å². The van der Waals surface area contributed by atoms with Gasteiger partial charge in [0.2, 0.25) is 11.9 Å². The lowest BCUT2D eigenvalue weighted by Gasteiger charge is -2.08. The van der Waals surface area contributed by atoms with Crippen LogP contribution in [0.15, 0.2) is 41.8 Å². The number of ether oxygens (including phenoxy) is 1. The Balaban J connectivity index is 1.72. The molecule has 3 rings (SSSR count). The first-order chi connectivity index (χ1) is 11.3. The van der Waals surface area contributed by atoms with E-state index in [4.69, 9.17) is 4.74 Å². The lowest BCUT2D eigenvalue weighted by molar-refractivity contribution is -0.113. The van der Waals surface area contributed by atoms with Crippen LogP contribution in [0.3, 0.4) is 0 Å². The summed E-state index contributed by atoms with van der Waals surface area (Å²) in [6.45, 7) is 1.28. The largest absolute Gasteiger partial charge is 0.383 e. The summed E-state index contributed by atoms with van der Waals surface area (Å²) in [4.78, 5) is 23.4. The normalized spacial score (nSPS) is 11.0. The molecule has 0 atom stereocenters. The van der Waals surface area contributed by atoms with Gasteiger partial charge in [-0.3, -0.25) is 10.1 Å². The Morgan fingerprint density at radius 2 is 2.30 bits per heavy atom. The predicted molar refractivity (Wildman–Crippen MR) is 89.6 cm³/mol. The zero-order valence-electron chi connectivity index (χ0n) is 12.7. The van der Waals surface area contributed by atoms with E-state index in [9.17, 15) is 4.79 Å². The first-order valence-corrected chi connectivity index (χ1v) is 8.12. The highest BCUT2D eigenvalue weighted by atomic mass is 32.2. The molecule has 23 heavy (non-hydrogen) atoms. The lowest BCUT2D eigenvalue weighted by atomic mass is 10.3. The second-order valence-corrected chi connectivity index (χ2v) is 5.74. The van der Waals surface area contributed by atoms with Crippen molar-refractivity contribution in [3.8, 4) is 0 Å². The molecule has 0 aliphatic heterocycles. The van der Waals surface area contributed by atoms with Crippen LogP contribution in [0.4, 0.5) is 5.95 Å². The summed E-state index contributed by atoms with van der Waals surface area (Å²) < 4.78 is 7.24. The highest BCUT2D eigenvalue weighted by Gasteiger charge is 2.13. The van der Waals surface area contributed by atoms with E-state index in [1.165, 1.54) is 11.8 Å². The number of thioether (sulfide) groups is 1. The number of aromatic amines is 1. The van der Waals surface area contributed by atoms with Crippen LogP contribution in [0.2, 0.25) is 0 Å². The number of para-hydroxylation sites is 2. The molecular formula is C15H17N5O2S. The summed E-state index contributed by atoms with van der Waals surface area (Å²) in [5.74, 6) is 0.579. The molecule has 7 nitrogen and oxygen atoms in total. The molecular weight excluding hydrogens is 314 g/mol. The molecule has 0 unspecified atom stereocenters. The summed E-state index contributed by atoms with van der Waals surface area (Å²) in [5, 5.41) is 3.50. The van der Waals surface area contributed by atoms with Crippen LogP contribution in [-0.4, -0.2) is 44.9 Å². The lowest BCUT2D eigenvalue weighted by Crippen LogP contribution is -2.15. The van der Waals surface area contributed by atoms with E-state index in [1.54, 1.807) is 19.5 Å². The van der Waals surface area contributed by atoms with Crippen LogP contribution >= 0.6 is 11.8 Å². The highest BCUT2D eigenvalue weighted by Crippen LogP contribution is 2.24. The van der Waals surface area contributed by atoms with Crippen molar-refractivity contribution in [1.82, 2.24) is 19.5 Å². The second-order valence-electron chi connectivity index (χ2n) is 4.80. The van der Waals surface area contributed by atoms with Gasteiger partial charge in [-0.15, -0.1) is 0 Å². The van der Waals surface area contributed by atoms with Crippen LogP contribution < -0.4 is 5.32 Å². The summed E-state index contributed by atoms with van der Waals surface area (Å²) in [5.41, 5.74) is 1.95. The molecule has 0 aliphatic rings. The minimum atomic E-state index is -0.129. The first-order valence-electron chi connectivity index (χ1n) is 7.14. The van der Waals surface area contributed by atoms with E-state index in [2.05, 4.69) is 24.8 Å². The third-order valence-corrected chi connectivity index (χ3v) is 4.20. The number of H-pyrrole nitrogens is 1. The molecule has 0 aliphatic carbocycles. The minimum absolute atomic E-state index is 0.129. The van der Waals surface area contributed by atoms with Gasteiger partial charge in [0, 0.05) is 26.0 Å². The molecule has 0 saturated carbocycles. The first kappa shape index (κ1) is 15.6. The standard InChI is InChI=1S/C15H17N5O2S/c1-22-9-8-20-12-5-3-2-4-11(12)18-15(20)23-10-13(21)19-14-16-6-7-17-14/h2-7H,8-10H2,1H3,(H2,16,17,19,21). The number of methoxy groups -OCH3 is 1. The number of fused-ring (bicyclic) bond motifs is 1. The quantitative estimate of drug-likeness (QED) is 0.648. The van der Waals surface area contributed by atoms with Crippen molar-refractivity contribution in [1.29, 1.82) is 0 Å². The number of aromatic nitrogens is 4. The van der Waals surface area contributed by atoms with Gasteiger partial charge in [0.15, 0.2) is 5.16 Å². The summed E-state index contributed by atoms with van der Waals surface area (Å²) >= 11 is 1.40. The predicted octanol–water partition coefficient (Wildman–Crippen LogP) is 2.14. The number of amides is 1. The zero-order chi connectivity index (χ0) is 16.1. The number of nitrogens with zero attached hydrogens (tertiary/aromatic N) is 3. The van der Waals surface area contributed by atoms with Gasteiger partial charge in [0.05, 0.1) is 23.4 Å². The number of rotatable bonds is 7. The molecule has 120 valence electrons. The average Bonchev–Trinajstić information content (AvgIpc) is 3.18. The molecule has 0 fully saturated rings. The number of carbonyl (C=O) groups excluding carboxylic acids is 1. The van der Waals surface area contributed by atoms with Crippen molar-refractivity contribution < 1.29 is 9.53 Å². The van der Waals surface area contributed by atoms with Gasteiger partial charge in [-0.1, -0.05) is 23.9 Å². The van der Waals surface area contributed by atoms with Gasteiger partial charge in [-0.25, -0.2) is 9.97 Å². The molecule has 2 heterocycles. The van der Waals surface area contributed by atoms with Crippen LogP contribution in [0.5, 0.6) is 0 Å². The fourth-order valence-electron chi connectivity index (χ4n) is 2.19. The SMILES string of the molecule is COCCn1c(SCC(=O)Nc2ncc[nH]2)nc2ccccc21. The Bertz CT molecular complexity index is 784. The van der Waals surface area contributed by atoms with Crippen molar-refractivity contribution in [2.24, 2.45) is 0 Å². The fourth-order valence-corrected chi connectivity index (χ4v) is 3.03. The molecule has 1 aromatic carbocycles.